The van der Waals surface area contributed by atoms with Crippen LogP contribution in [0.5, 0.6) is 0 Å². The molecule has 0 aliphatic heterocycles. The summed E-state index contributed by atoms with van der Waals surface area (Å²) in [6, 6.07) is 2.08. The van der Waals surface area contributed by atoms with E-state index in [0.717, 1.165) is 28.1 Å². The van der Waals surface area contributed by atoms with Crippen molar-refractivity contribution in [2.24, 2.45) is 11.8 Å². The van der Waals surface area contributed by atoms with Crippen molar-refractivity contribution in [3.8, 4) is 0 Å². The molecule has 2 saturated carbocycles. The number of nitrogens with zero attached hydrogens (tertiary/aromatic N) is 3. The molecule has 0 saturated heterocycles. The molecular formula is C16H24BrN3. The number of halogens is 1. The van der Waals surface area contributed by atoms with E-state index in [2.05, 4.69) is 52.7 Å². The third kappa shape index (κ3) is 3.72. The van der Waals surface area contributed by atoms with E-state index in [9.17, 15) is 0 Å². The molecule has 2 aliphatic rings. The maximum Gasteiger partial charge on any atom is 0.137 e. The molecule has 0 N–H and O–H groups in total. The fourth-order valence-corrected chi connectivity index (χ4v) is 2.76. The second-order valence-electron chi connectivity index (χ2n) is 7.41. The van der Waals surface area contributed by atoms with E-state index in [1.54, 1.807) is 0 Å². The van der Waals surface area contributed by atoms with Crippen LogP contribution in [-0.4, -0.2) is 23.1 Å². The van der Waals surface area contributed by atoms with Gasteiger partial charge in [-0.15, -0.1) is 0 Å². The van der Waals surface area contributed by atoms with Crippen LogP contribution in [0.3, 0.4) is 0 Å². The topological polar surface area (TPSA) is 29.0 Å². The molecule has 1 aromatic rings. The van der Waals surface area contributed by atoms with Gasteiger partial charge in [0.05, 0.1) is 0 Å². The maximum absolute atomic E-state index is 4.85. The molecule has 3 nitrogen and oxygen atoms in total. The Morgan fingerprint density at radius 3 is 2.10 bits per heavy atom. The van der Waals surface area contributed by atoms with Crippen molar-refractivity contribution in [3.05, 3.63) is 16.5 Å². The zero-order valence-corrected chi connectivity index (χ0v) is 14.3. The predicted octanol–water partition coefficient (Wildman–Crippen LogP) is 4.16. The molecule has 1 heterocycles. The first kappa shape index (κ1) is 14.3. The van der Waals surface area contributed by atoms with Crippen LogP contribution in [0.15, 0.2) is 10.7 Å². The van der Waals surface area contributed by atoms with Crippen molar-refractivity contribution in [1.29, 1.82) is 0 Å². The highest BCUT2D eigenvalue weighted by Gasteiger charge is 2.30. The summed E-state index contributed by atoms with van der Waals surface area (Å²) >= 11 is 3.56. The van der Waals surface area contributed by atoms with Gasteiger partial charge in [-0.25, -0.2) is 9.97 Å². The fourth-order valence-electron chi connectivity index (χ4n) is 2.39. The summed E-state index contributed by atoms with van der Waals surface area (Å²) in [7, 11) is 0. The minimum Gasteiger partial charge on any atom is -0.356 e. The molecule has 1 aromatic heterocycles. The van der Waals surface area contributed by atoms with Crippen molar-refractivity contribution < 1.29 is 0 Å². The van der Waals surface area contributed by atoms with Gasteiger partial charge in [0.15, 0.2) is 0 Å². The first-order chi connectivity index (χ1) is 9.41. The standard InChI is InChI=1S/C16H24BrN3/c1-16(2,3)15-18-13(17)8-14(19-15)20(9-11-4-5-11)10-12-6-7-12/h8,11-12H,4-7,9-10H2,1-3H3. The van der Waals surface area contributed by atoms with Crippen molar-refractivity contribution in [2.75, 3.05) is 18.0 Å². The lowest BCUT2D eigenvalue weighted by Crippen LogP contribution is -2.30. The minimum atomic E-state index is -0.0106. The molecule has 0 amide bonds. The molecule has 4 heteroatoms. The Kier molecular flexibility index (Phi) is 3.78. The second kappa shape index (κ2) is 5.28. The molecule has 0 unspecified atom stereocenters. The van der Waals surface area contributed by atoms with Crippen LogP contribution in [0.1, 0.15) is 52.3 Å². The van der Waals surface area contributed by atoms with Crippen LogP contribution >= 0.6 is 15.9 Å². The van der Waals surface area contributed by atoms with Gasteiger partial charge >= 0.3 is 0 Å². The number of hydrogen-bond acceptors (Lipinski definition) is 3. The van der Waals surface area contributed by atoms with E-state index < -0.39 is 0 Å². The van der Waals surface area contributed by atoms with Crippen LogP contribution in [0.4, 0.5) is 5.82 Å². The summed E-state index contributed by atoms with van der Waals surface area (Å²) in [6.07, 6.45) is 5.55. The zero-order chi connectivity index (χ0) is 14.3. The van der Waals surface area contributed by atoms with Gasteiger partial charge in [0.2, 0.25) is 0 Å². The monoisotopic (exact) mass is 337 g/mol. The van der Waals surface area contributed by atoms with Gasteiger partial charge in [-0.3, -0.25) is 0 Å². The Labute approximate surface area is 130 Å². The minimum absolute atomic E-state index is 0.0106. The Morgan fingerprint density at radius 2 is 1.65 bits per heavy atom. The normalized spacial score (nSPS) is 19.2. The number of hydrogen-bond donors (Lipinski definition) is 0. The number of anilines is 1. The summed E-state index contributed by atoms with van der Waals surface area (Å²) < 4.78 is 0.906. The quantitative estimate of drug-likeness (QED) is 0.755. The van der Waals surface area contributed by atoms with Crippen LogP contribution in [0, 0.1) is 11.8 Å². The largest absolute Gasteiger partial charge is 0.356 e. The lowest BCUT2D eigenvalue weighted by Gasteiger charge is -2.26. The van der Waals surface area contributed by atoms with Crippen molar-refractivity contribution in [3.63, 3.8) is 0 Å². The molecule has 0 spiro atoms. The highest BCUT2D eigenvalue weighted by atomic mass is 79.9. The molecular weight excluding hydrogens is 314 g/mol. The molecule has 2 fully saturated rings. The summed E-state index contributed by atoms with van der Waals surface area (Å²) in [4.78, 5) is 11.9. The van der Waals surface area contributed by atoms with E-state index >= 15 is 0 Å². The summed E-state index contributed by atoms with van der Waals surface area (Å²) in [6.45, 7) is 8.85. The summed E-state index contributed by atoms with van der Waals surface area (Å²) in [5.41, 5.74) is -0.0106. The van der Waals surface area contributed by atoms with Crippen LogP contribution in [0.25, 0.3) is 0 Å². The molecule has 0 radical (unpaired) electrons. The lowest BCUT2D eigenvalue weighted by atomic mass is 9.96. The van der Waals surface area contributed by atoms with Crippen molar-refractivity contribution in [1.82, 2.24) is 9.97 Å². The van der Waals surface area contributed by atoms with Gasteiger partial charge in [-0.05, 0) is 53.4 Å². The average Bonchev–Trinajstić information content (AvgIpc) is 3.21. The second-order valence-corrected chi connectivity index (χ2v) is 8.23. The molecule has 0 atom stereocenters. The van der Waals surface area contributed by atoms with Gasteiger partial charge in [-0.1, -0.05) is 20.8 Å². The van der Waals surface area contributed by atoms with E-state index in [4.69, 9.17) is 4.98 Å². The molecule has 20 heavy (non-hydrogen) atoms. The highest BCUT2D eigenvalue weighted by molar-refractivity contribution is 9.10. The Balaban J connectivity index is 1.85. The molecule has 0 aromatic carbocycles. The maximum atomic E-state index is 4.85. The summed E-state index contributed by atoms with van der Waals surface area (Å²) in [5, 5.41) is 0. The van der Waals surface area contributed by atoms with E-state index in [1.807, 2.05) is 0 Å². The number of aromatic nitrogens is 2. The van der Waals surface area contributed by atoms with E-state index in [1.165, 1.54) is 38.8 Å². The van der Waals surface area contributed by atoms with Gasteiger partial charge < -0.3 is 4.90 Å². The smallest absolute Gasteiger partial charge is 0.137 e. The SMILES string of the molecule is CC(C)(C)c1nc(Br)cc(N(CC2CC2)CC2CC2)n1. The average molecular weight is 338 g/mol. The third-order valence-corrected chi connectivity index (χ3v) is 4.43. The highest BCUT2D eigenvalue weighted by Crippen LogP contribution is 2.36. The molecule has 3 rings (SSSR count). The van der Waals surface area contributed by atoms with Gasteiger partial charge in [0, 0.05) is 24.6 Å². The van der Waals surface area contributed by atoms with E-state index in [0.29, 0.717) is 0 Å². The molecule has 110 valence electrons. The molecule has 0 bridgehead atoms. The number of rotatable bonds is 5. The Morgan fingerprint density at radius 1 is 1.10 bits per heavy atom. The summed E-state index contributed by atoms with van der Waals surface area (Å²) in [5.74, 6) is 3.82. The Bertz CT molecular complexity index is 473. The van der Waals surface area contributed by atoms with Crippen LogP contribution in [0.2, 0.25) is 0 Å². The van der Waals surface area contributed by atoms with Gasteiger partial charge in [-0.2, -0.15) is 0 Å². The third-order valence-electron chi connectivity index (χ3n) is 4.03. The van der Waals surface area contributed by atoms with Gasteiger partial charge in [0.25, 0.3) is 0 Å². The van der Waals surface area contributed by atoms with Gasteiger partial charge in [0.1, 0.15) is 16.2 Å². The first-order valence-corrected chi connectivity index (χ1v) is 8.51. The van der Waals surface area contributed by atoms with E-state index in [-0.39, 0.29) is 5.41 Å². The first-order valence-electron chi connectivity index (χ1n) is 7.72. The fraction of sp³-hybridized carbons (Fsp3) is 0.750. The zero-order valence-electron chi connectivity index (χ0n) is 12.7. The predicted molar refractivity (Wildman–Crippen MR) is 86.1 cm³/mol. The lowest BCUT2D eigenvalue weighted by molar-refractivity contribution is 0.540. The molecule has 2 aliphatic carbocycles. The van der Waals surface area contributed by atoms with Crippen LogP contribution in [-0.2, 0) is 5.41 Å². The van der Waals surface area contributed by atoms with Crippen LogP contribution < -0.4 is 4.90 Å². The van der Waals surface area contributed by atoms with Crippen molar-refractivity contribution in [2.45, 2.75) is 51.9 Å². The van der Waals surface area contributed by atoms with Crippen molar-refractivity contribution >= 4 is 21.7 Å². The Hall–Kier alpha value is -0.640.